The lowest BCUT2D eigenvalue weighted by atomic mass is 10.0. The van der Waals surface area contributed by atoms with Crippen molar-refractivity contribution < 1.29 is 38.1 Å². The quantitative estimate of drug-likeness (QED) is 0.0328. The van der Waals surface area contributed by atoms with E-state index in [2.05, 4.69) is 61.1 Å². The van der Waals surface area contributed by atoms with E-state index in [1.807, 2.05) is 0 Å². The topological polar surface area (TPSA) is 118 Å². The number of esters is 4. The highest BCUT2D eigenvalue weighted by atomic mass is 16.6. The Morgan fingerprint density at radius 3 is 0.692 bits per heavy atom. The van der Waals surface area contributed by atoms with Gasteiger partial charge in [0.1, 0.15) is 12.2 Å². The van der Waals surface area contributed by atoms with Gasteiger partial charge in [0.25, 0.3) is 0 Å². The van der Waals surface area contributed by atoms with Gasteiger partial charge in [0.05, 0.1) is 13.2 Å². The molecule has 616 valence electrons. The Morgan fingerprint density at radius 2 is 0.442 bits per heavy atom. The standard InChI is InChI=1S/C92H180N4O8/c1-7-13-19-25-31-49-63-85-101-89(97)69-55-41-33-45-59-73-93(75-61-47-35-43-57-71-91(99)103-87(65-51-37-27-21-15-9-3)66-52-38-28-22-16-10-4)77-79-95-81-83-96(84-82-95)80-78-94(74-60-46-34-42-56-70-90(98)102-86-64-50-32-26-20-14-8-2)76-62-48-36-44-58-72-92(100)104-88(67-53-39-29-23-17-11-5)68-54-40-30-24-18-12-6/h87-88H,7-86H2,1-6H3. The van der Waals surface area contributed by atoms with Crippen molar-refractivity contribution in [3.63, 3.8) is 0 Å². The highest BCUT2D eigenvalue weighted by Crippen LogP contribution is 2.22. The van der Waals surface area contributed by atoms with Gasteiger partial charge in [0.2, 0.25) is 0 Å². The Kier molecular flexibility index (Phi) is 77.0. The summed E-state index contributed by atoms with van der Waals surface area (Å²) in [5.74, 6) is 0.0401. The third-order valence-electron chi connectivity index (χ3n) is 22.5. The van der Waals surface area contributed by atoms with E-state index >= 15 is 0 Å². The fourth-order valence-corrected chi connectivity index (χ4v) is 15.3. The van der Waals surface area contributed by atoms with Gasteiger partial charge in [-0.1, -0.05) is 324 Å². The van der Waals surface area contributed by atoms with E-state index in [1.54, 1.807) is 0 Å². The van der Waals surface area contributed by atoms with Gasteiger partial charge in [-0.25, -0.2) is 0 Å². The summed E-state index contributed by atoms with van der Waals surface area (Å²) in [5, 5.41) is 0. The molecule has 0 aromatic carbocycles. The second-order valence-corrected chi connectivity index (χ2v) is 32.6. The summed E-state index contributed by atoms with van der Waals surface area (Å²) >= 11 is 0. The maximum atomic E-state index is 13.2. The minimum absolute atomic E-state index is 0.0124. The number of carbonyl (C=O) groups excluding carboxylic acids is 4. The molecule has 0 saturated carbocycles. The second-order valence-electron chi connectivity index (χ2n) is 32.6. The number of carbonyl (C=O) groups is 4. The molecular weight excluding hydrogens is 1290 g/mol. The van der Waals surface area contributed by atoms with Gasteiger partial charge in [0, 0.05) is 78.0 Å². The zero-order valence-electron chi connectivity index (χ0n) is 70.8. The molecule has 1 aliphatic heterocycles. The monoisotopic (exact) mass is 1470 g/mol. The van der Waals surface area contributed by atoms with E-state index in [9.17, 15) is 19.2 Å². The van der Waals surface area contributed by atoms with Gasteiger partial charge < -0.3 is 28.7 Å². The lowest BCUT2D eigenvalue weighted by Gasteiger charge is -2.37. The summed E-state index contributed by atoms with van der Waals surface area (Å²) in [6.07, 6.45) is 77.1. The summed E-state index contributed by atoms with van der Waals surface area (Å²) in [6, 6.07) is 0. The molecule has 104 heavy (non-hydrogen) atoms. The maximum Gasteiger partial charge on any atom is 0.306 e. The number of piperazine rings is 1. The Bertz CT molecular complexity index is 1640. The first-order chi connectivity index (χ1) is 51.2. The first-order valence-electron chi connectivity index (χ1n) is 46.8. The summed E-state index contributed by atoms with van der Waals surface area (Å²) in [7, 11) is 0. The third-order valence-corrected chi connectivity index (χ3v) is 22.5. The van der Waals surface area contributed by atoms with Crippen LogP contribution in [0.15, 0.2) is 0 Å². The maximum absolute atomic E-state index is 13.2. The molecule has 0 radical (unpaired) electrons. The second kappa shape index (κ2) is 80.2. The fourth-order valence-electron chi connectivity index (χ4n) is 15.3. The molecule has 0 N–H and O–H groups in total. The van der Waals surface area contributed by atoms with Crippen molar-refractivity contribution in [2.24, 2.45) is 0 Å². The van der Waals surface area contributed by atoms with Crippen molar-refractivity contribution in [3.8, 4) is 0 Å². The van der Waals surface area contributed by atoms with Crippen LogP contribution in [-0.2, 0) is 38.1 Å². The molecular formula is C92H180N4O8. The number of ether oxygens (including phenoxy) is 4. The summed E-state index contributed by atoms with van der Waals surface area (Å²) in [5.41, 5.74) is 0. The van der Waals surface area contributed by atoms with Gasteiger partial charge in [-0.2, -0.15) is 0 Å². The Balaban J connectivity index is 2.80. The van der Waals surface area contributed by atoms with Crippen LogP contribution < -0.4 is 0 Å². The highest BCUT2D eigenvalue weighted by molar-refractivity contribution is 5.70. The number of unbranched alkanes of at least 4 members (excludes halogenated alkanes) is 48. The van der Waals surface area contributed by atoms with E-state index in [1.165, 1.54) is 295 Å². The minimum atomic E-state index is -0.0124. The Labute approximate surface area is 647 Å². The lowest BCUT2D eigenvalue weighted by molar-refractivity contribution is -0.151. The zero-order valence-corrected chi connectivity index (χ0v) is 70.8. The molecule has 0 atom stereocenters. The van der Waals surface area contributed by atoms with E-state index in [0.29, 0.717) is 38.9 Å². The van der Waals surface area contributed by atoms with E-state index in [-0.39, 0.29) is 36.1 Å². The number of hydrogen-bond acceptors (Lipinski definition) is 12. The Hall–Kier alpha value is -2.28. The first kappa shape index (κ1) is 99.7. The van der Waals surface area contributed by atoms with Gasteiger partial charge in [-0.15, -0.1) is 0 Å². The summed E-state index contributed by atoms with van der Waals surface area (Å²) in [4.78, 5) is 62.3. The van der Waals surface area contributed by atoms with Crippen LogP contribution in [0.25, 0.3) is 0 Å². The van der Waals surface area contributed by atoms with E-state index in [4.69, 9.17) is 18.9 Å². The van der Waals surface area contributed by atoms with Crippen LogP contribution in [0.4, 0.5) is 0 Å². The van der Waals surface area contributed by atoms with Crippen LogP contribution in [0.3, 0.4) is 0 Å². The lowest BCUT2D eigenvalue weighted by Crippen LogP contribution is -2.50. The SMILES string of the molecule is CCCCCCCCCOC(=O)CCCCCCCN(CCCCCCCC(=O)OC(CCCCCCCC)CCCCCCCC)CCN1CCN(CCN(CCCCCCCC(=O)OCCCCCCCCC)CCCCCCCC(=O)OC(CCCCCCCC)CCCCCCCC)CC1. The molecule has 12 nitrogen and oxygen atoms in total. The molecule has 0 amide bonds. The van der Waals surface area contributed by atoms with Crippen molar-refractivity contribution in [2.45, 2.75) is 478 Å². The van der Waals surface area contributed by atoms with E-state index in [0.717, 1.165) is 181 Å². The van der Waals surface area contributed by atoms with Crippen molar-refractivity contribution >= 4 is 23.9 Å². The van der Waals surface area contributed by atoms with Crippen LogP contribution >= 0.6 is 0 Å². The molecule has 0 bridgehead atoms. The zero-order chi connectivity index (χ0) is 75.2. The highest BCUT2D eigenvalue weighted by Gasteiger charge is 2.21. The van der Waals surface area contributed by atoms with Crippen molar-refractivity contribution in [2.75, 3.05) is 91.8 Å². The van der Waals surface area contributed by atoms with E-state index < -0.39 is 0 Å². The van der Waals surface area contributed by atoms with Gasteiger partial charge >= 0.3 is 23.9 Å². The summed E-state index contributed by atoms with van der Waals surface area (Å²) in [6.45, 7) is 28.4. The number of hydrogen-bond donors (Lipinski definition) is 0. The molecule has 1 heterocycles. The fraction of sp³-hybridized carbons (Fsp3) is 0.957. The van der Waals surface area contributed by atoms with Gasteiger partial charge in [-0.3, -0.25) is 29.0 Å². The Morgan fingerprint density at radius 1 is 0.240 bits per heavy atom. The van der Waals surface area contributed by atoms with Crippen LogP contribution in [-0.4, -0.2) is 147 Å². The van der Waals surface area contributed by atoms with Gasteiger partial charge in [-0.05, 0) is 142 Å². The molecule has 0 aromatic heterocycles. The third kappa shape index (κ3) is 70.1. The summed E-state index contributed by atoms with van der Waals surface area (Å²) < 4.78 is 23.6. The molecule has 0 unspecified atom stereocenters. The molecule has 1 fully saturated rings. The average molecular weight is 1470 g/mol. The normalized spacial score (nSPS) is 13.0. The smallest absolute Gasteiger partial charge is 0.306 e. The van der Waals surface area contributed by atoms with Crippen molar-refractivity contribution in [1.82, 2.24) is 19.6 Å². The molecule has 12 heteroatoms. The molecule has 0 aliphatic carbocycles. The molecule has 1 aliphatic rings. The molecule has 0 aromatic rings. The van der Waals surface area contributed by atoms with Gasteiger partial charge in [0.15, 0.2) is 0 Å². The average Bonchev–Trinajstić information content (AvgIpc) is 0.962. The predicted octanol–water partition coefficient (Wildman–Crippen LogP) is 26.0. The first-order valence-corrected chi connectivity index (χ1v) is 46.8. The molecule has 1 rings (SSSR count). The van der Waals surface area contributed by atoms with Crippen molar-refractivity contribution in [1.29, 1.82) is 0 Å². The largest absolute Gasteiger partial charge is 0.466 e. The minimum Gasteiger partial charge on any atom is -0.466 e. The van der Waals surface area contributed by atoms with Crippen molar-refractivity contribution in [3.05, 3.63) is 0 Å². The van der Waals surface area contributed by atoms with Crippen LogP contribution in [0.2, 0.25) is 0 Å². The molecule has 1 saturated heterocycles. The van der Waals surface area contributed by atoms with Crippen LogP contribution in [0, 0.1) is 0 Å². The van der Waals surface area contributed by atoms with Crippen LogP contribution in [0.1, 0.15) is 465 Å². The number of rotatable bonds is 84. The van der Waals surface area contributed by atoms with Crippen LogP contribution in [0.5, 0.6) is 0 Å². The number of nitrogens with zero attached hydrogens (tertiary/aromatic N) is 4. The molecule has 0 spiro atoms. The predicted molar refractivity (Wildman–Crippen MR) is 446 cm³/mol.